The van der Waals surface area contributed by atoms with Crippen LogP contribution in [0.2, 0.25) is 0 Å². The molecule has 5 rings (SSSR count). The maximum absolute atomic E-state index is 13.0. The van der Waals surface area contributed by atoms with Gasteiger partial charge in [0.05, 0.1) is 6.10 Å². The van der Waals surface area contributed by atoms with Gasteiger partial charge in [0.2, 0.25) is 0 Å². The third-order valence-corrected chi connectivity index (χ3v) is 9.29. The van der Waals surface area contributed by atoms with Gasteiger partial charge in [-0.1, -0.05) is 29.4 Å². The summed E-state index contributed by atoms with van der Waals surface area (Å²) in [6.07, 6.45) is 7.76. The fraction of sp³-hybridized carbons (Fsp3) is 0.594. The van der Waals surface area contributed by atoms with Gasteiger partial charge in [-0.2, -0.15) is 0 Å². The van der Waals surface area contributed by atoms with E-state index in [0.29, 0.717) is 18.1 Å². The molecule has 1 aromatic rings. The van der Waals surface area contributed by atoms with Crippen LogP contribution in [0.15, 0.2) is 51.3 Å². The van der Waals surface area contributed by atoms with Crippen LogP contribution < -0.4 is 10.6 Å². The summed E-state index contributed by atoms with van der Waals surface area (Å²) in [6.45, 7) is 7.45. The van der Waals surface area contributed by atoms with Crippen molar-refractivity contribution in [2.45, 2.75) is 63.6 Å². The molecule has 0 unspecified atom stereocenters. The Labute approximate surface area is 254 Å². The first kappa shape index (κ1) is 30.9. The summed E-state index contributed by atoms with van der Waals surface area (Å²) in [4.78, 5) is 43.1. The number of aliphatic imine (C=N–C) groups is 2. The van der Waals surface area contributed by atoms with E-state index >= 15 is 0 Å². The van der Waals surface area contributed by atoms with Crippen LogP contribution in [0.5, 0.6) is 0 Å². The number of nitrogens with zero attached hydrogens (tertiary/aromatic N) is 5. The Balaban J connectivity index is 1.05. The molecule has 3 N–H and O–H groups in total. The second-order valence-electron chi connectivity index (χ2n) is 12.4. The first-order chi connectivity index (χ1) is 20.8. The van der Waals surface area contributed by atoms with Crippen LogP contribution in [0, 0.1) is 11.3 Å². The highest BCUT2D eigenvalue weighted by Gasteiger charge is 2.47. The zero-order chi connectivity index (χ0) is 30.4. The van der Waals surface area contributed by atoms with Crippen molar-refractivity contribution in [1.82, 2.24) is 20.4 Å². The second-order valence-corrected chi connectivity index (χ2v) is 12.4. The van der Waals surface area contributed by atoms with E-state index in [1.54, 1.807) is 13.1 Å². The summed E-state index contributed by atoms with van der Waals surface area (Å²) >= 11 is 0. The molecule has 0 aromatic heterocycles. The lowest BCUT2D eigenvalue weighted by atomic mass is 9.60. The lowest BCUT2D eigenvalue weighted by Crippen LogP contribution is -2.55. The summed E-state index contributed by atoms with van der Waals surface area (Å²) in [5, 5.41) is 20.8. The van der Waals surface area contributed by atoms with Crippen molar-refractivity contribution in [1.29, 1.82) is 0 Å². The maximum atomic E-state index is 13.0. The summed E-state index contributed by atoms with van der Waals surface area (Å²) in [5.74, 6) is 0.404. The van der Waals surface area contributed by atoms with E-state index in [-0.39, 0.29) is 41.4 Å². The molecule has 4 aliphatic rings. The van der Waals surface area contributed by atoms with Gasteiger partial charge in [0.15, 0.2) is 0 Å². The smallest absolute Gasteiger partial charge is 0.271 e. The number of benzene rings is 1. The molecule has 232 valence electrons. The van der Waals surface area contributed by atoms with Gasteiger partial charge in [0.1, 0.15) is 24.4 Å². The third-order valence-electron chi connectivity index (χ3n) is 9.29. The van der Waals surface area contributed by atoms with Gasteiger partial charge >= 0.3 is 0 Å². The Kier molecular flexibility index (Phi) is 9.92. The van der Waals surface area contributed by atoms with Crippen molar-refractivity contribution in [3.8, 4) is 0 Å². The average molecular weight is 592 g/mol. The number of hydrogen-bond acceptors (Lipinski definition) is 9. The van der Waals surface area contributed by atoms with Crippen LogP contribution in [0.4, 0.5) is 0 Å². The van der Waals surface area contributed by atoms with E-state index in [0.717, 1.165) is 71.1 Å². The number of carbonyl (C=O) groups is 2. The fourth-order valence-electron chi connectivity index (χ4n) is 6.66. The van der Waals surface area contributed by atoms with Crippen molar-refractivity contribution < 1.29 is 19.5 Å². The number of nitrogens with one attached hydrogen (secondary N) is 2. The van der Waals surface area contributed by atoms with Gasteiger partial charge in [-0.25, -0.2) is 4.99 Å². The zero-order valence-corrected chi connectivity index (χ0v) is 25.4. The van der Waals surface area contributed by atoms with E-state index in [4.69, 9.17) is 4.84 Å². The predicted molar refractivity (Wildman–Crippen MR) is 167 cm³/mol. The minimum absolute atomic E-state index is 0.0173. The molecule has 1 aromatic carbocycles. The van der Waals surface area contributed by atoms with Crippen molar-refractivity contribution in [3.05, 3.63) is 47.3 Å². The highest BCUT2D eigenvalue weighted by atomic mass is 16.6. The average Bonchev–Trinajstić information content (AvgIpc) is 3.85. The molecule has 2 aliphatic heterocycles. The molecule has 11 heteroatoms. The number of amides is 2. The summed E-state index contributed by atoms with van der Waals surface area (Å²) in [7, 11) is 3.05. The van der Waals surface area contributed by atoms with Crippen LogP contribution in [-0.2, 0) is 27.4 Å². The van der Waals surface area contributed by atoms with Crippen molar-refractivity contribution in [3.63, 3.8) is 0 Å². The van der Waals surface area contributed by atoms with E-state index in [2.05, 4.69) is 55.6 Å². The molecule has 1 spiro atoms. The number of aliphatic hydroxyl groups excluding tert-OH is 1. The van der Waals surface area contributed by atoms with E-state index < -0.39 is 6.10 Å². The Morgan fingerprint density at radius 3 is 2.56 bits per heavy atom. The molecule has 2 saturated carbocycles. The molecular formula is C32H45N7O4. The predicted octanol–water partition coefficient (Wildman–Crippen LogP) is 1.91. The number of aliphatic hydroxyl groups is 1. The highest BCUT2D eigenvalue weighted by Crippen LogP contribution is 2.49. The van der Waals surface area contributed by atoms with Gasteiger partial charge in [0, 0.05) is 64.4 Å². The topological polar surface area (TPSA) is 131 Å². The molecule has 1 saturated heterocycles. The molecule has 2 heterocycles. The van der Waals surface area contributed by atoms with Crippen LogP contribution >= 0.6 is 0 Å². The molecule has 43 heavy (non-hydrogen) atoms. The van der Waals surface area contributed by atoms with Crippen LogP contribution in [-0.4, -0.2) is 104 Å². The molecule has 0 radical (unpaired) electrons. The van der Waals surface area contributed by atoms with Crippen LogP contribution in [0.3, 0.4) is 0 Å². The molecule has 2 amide bonds. The van der Waals surface area contributed by atoms with Gasteiger partial charge in [-0.3, -0.25) is 19.5 Å². The Bertz CT molecular complexity index is 1270. The molecule has 1 atom stereocenters. The SMILES string of the molecule is C=N/C(=C\C(=N/C)C(=O)NC[C@H](O)CN1CCc2ccccc2C1)NC1CC2(CCN(C(=O)C(=NOC)C3CC3)CC2)C1. The van der Waals surface area contributed by atoms with Crippen LogP contribution in [0.25, 0.3) is 0 Å². The van der Waals surface area contributed by atoms with E-state index in [1.807, 2.05) is 11.0 Å². The van der Waals surface area contributed by atoms with Crippen molar-refractivity contribution in [2.75, 3.05) is 46.9 Å². The quantitative estimate of drug-likeness (QED) is 0.252. The lowest BCUT2D eigenvalue weighted by Gasteiger charge is -2.52. The van der Waals surface area contributed by atoms with Crippen LogP contribution in [0.1, 0.15) is 49.7 Å². The first-order valence-corrected chi connectivity index (χ1v) is 15.4. The lowest BCUT2D eigenvalue weighted by molar-refractivity contribution is -0.128. The van der Waals surface area contributed by atoms with E-state index in [9.17, 15) is 14.7 Å². The first-order valence-electron chi connectivity index (χ1n) is 15.4. The summed E-state index contributed by atoms with van der Waals surface area (Å²) < 4.78 is 0. The van der Waals surface area contributed by atoms with Gasteiger partial charge < -0.3 is 25.5 Å². The maximum Gasteiger partial charge on any atom is 0.271 e. The second kappa shape index (κ2) is 13.8. The number of rotatable bonds is 12. The Morgan fingerprint density at radius 1 is 1.19 bits per heavy atom. The normalized spacial score (nSPS) is 21.9. The number of fused-ring (bicyclic) bond motifs is 1. The number of piperidine rings is 1. The molecule has 0 bridgehead atoms. The number of hydrogen-bond donors (Lipinski definition) is 3. The minimum atomic E-state index is -0.688. The molecular weight excluding hydrogens is 546 g/mol. The third kappa shape index (κ3) is 7.69. The molecule has 2 aliphatic carbocycles. The largest absolute Gasteiger partial charge is 0.399 e. The molecule has 3 fully saturated rings. The highest BCUT2D eigenvalue weighted by molar-refractivity contribution is 6.43. The minimum Gasteiger partial charge on any atom is -0.399 e. The number of β-amino-alcohol motifs (C(OH)–C–C–N with tert-alkyl or cyclic N) is 1. The zero-order valence-electron chi connectivity index (χ0n) is 25.4. The number of oxime groups is 1. The monoisotopic (exact) mass is 591 g/mol. The van der Waals surface area contributed by atoms with Crippen molar-refractivity contribution in [2.24, 2.45) is 26.5 Å². The Hall–Kier alpha value is -3.57. The number of carbonyl (C=O) groups excluding carboxylic acids is 2. The number of likely N-dealkylation sites (tertiary alicyclic amines) is 1. The fourth-order valence-corrected chi connectivity index (χ4v) is 6.66. The summed E-state index contributed by atoms with van der Waals surface area (Å²) in [6, 6.07) is 8.61. The van der Waals surface area contributed by atoms with Gasteiger partial charge in [-0.15, -0.1) is 0 Å². The van der Waals surface area contributed by atoms with E-state index in [1.165, 1.54) is 18.2 Å². The van der Waals surface area contributed by atoms with Crippen molar-refractivity contribution >= 4 is 30.0 Å². The van der Waals surface area contributed by atoms with Gasteiger partial charge in [-0.05, 0) is 68.2 Å². The Morgan fingerprint density at radius 2 is 1.91 bits per heavy atom. The molecule has 11 nitrogen and oxygen atoms in total. The standard InChI is InChI=1S/C32H45N7O4/c1-33-27(30(41)35-19-26(40)21-38-13-10-22-6-4-5-7-24(22)20-38)16-28(34-2)36-25-17-32(18-25)11-14-39(15-12-32)31(42)29(37-43-3)23-8-9-23/h4-7,16,23,25-26,36,40H,2,8-15,17-21H2,1,3H3,(H,35,41)/b28-16+,33-27+,37-29?/t26-/m0/s1. The van der Waals surface area contributed by atoms with Gasteiger partial charge in [0.25, 0.3) is 11.8 Å². The summed E-state index contributed by atoms with van der Waals surface area (Å²) in [5.41, 5.74) is 3.66.